The van der Waals surface area contributed by atoms with Gasteiger partial charge in [0.05, 0.1) is 10.9 Å². The van der Waals surface area contributed by atoms with Gasteiger partial charge < -0.3 is 16.0 Å². The topological polar surface area (TPSA) is 100 Å². The van der Waals surface area contributed by atoms with Gasteiger partial charge in [-0.25, -0.2) is 9.37 Å². The van der Waals surface area contributed by atoms with Gasteiger partial charge in [-0.2, -0.15) is 0 Å². The zero-order valence-corrected chi connectivity index (χ0v) is 27.3. The van der Waals surface area contributed by atoms with Gasteiger partial charge in [0.2, 0.25) is 5.91 Å². The van der Waals surface area contributed by atoms with Crippen LogP contribution in [0.25, 0.3) is 28.1 Å². The van der Waals surface area contributed by atoms with Crippen molar-refractivity contribution in [1.82, 2.24) is 10.3 Å². The molecule has 3 N–H and O–H groups in total. The number of hydrogen-bond acceptors (Lipinski definition) is 6. The number of benzene rings is 5. The molecule has 0 saturated heterocycles. The highest BCUT2D eigenvalue weighted by molar-refractivity contribution is 8.00. The number of nitrogens with one attached hydrogen (secondary N) is 3. The molecular formula is C38H29FN4O3S2. The number of hydrogen-bond donors (Lipinski definition) is 3. The summed E-state index contributed by atoms with van der Waals surface area (Å²) in [5.74, 6) is -1.48. The third-order valence-electron chi connectivity index (χ3n) is 7.30. The highest BCUT2D eigenvalue weighted by Gasteiger charge is 2.19. The lowest BCUT2D eigenvalue weighted by Gasteiger charge is -2.14. The van der Waals surface area contributed by atoms with Crippen LogP contribution in [0.2, 0.25) is 0 Å². The molecule has 0 aliphatic rings. The second-order valence-corrected chi connectivity index (χ2v) is 13.0. The Bertz CT molecular complexity index is 2130. The van der Waals surface area contributed by atoms with Crippen molar-refractivity contribution in [2.24, 2.45) is 0 Å². The summed E-state index contributed by atoms with van der Waals surface area (Å²) in [6, 6.07) is 35.5. The van der Waals surface area contributed by atoms with E-state index in [0.29, 0.717) is 22.1 Å². The van der Waals surface area contributed by atoms with E-state index in [0.717, 1.165) is 26.8 Å². The fourth-order valence-corrected chi connectivity index (χ4v) is 6.52. The minimum absolute atomic E-state index is 0.0782. The zero-order chi connectivity index (χ0) is 33.5. The van der Waals surface area contributed by atoms with E-state index in [9.17, 15) is 18.8 Å². The molecule has 6 aromatic rings. The molecule has 1 unspecified atom stereocenters. The summed E-state index contributed by atoms with van der Waals surface area (Å²) in [6.45, 7) is 1.78. The molecule has 0 radical (unpaired) electrons. The molecule has 10 heteroatoms. The zero-order valence-electron chi connectivity index (χ0n) is 25.6. The van der Waals surface area contributed by atoms with E-state index in [1.54, 1.807) is 73.0 Å². The number of amides is 3. The largest absolute Gasteiger partial charge is 0.321 e. The number of halogens is 1. The van der Waals surface area contributed by atoms with E-state index < -0.39 is 17.1 Å². The molecule has 48 heavy (non-hydrogen) atoms. The van der Waals surface area contributed by atoms with Crippen LogP contribution < -0.4 is 16.0 Å². The van der Waals surface area contributed by atoms with Gasteiger partial charge in [0, 0.05) is 27.1 Å². The van der Waals surface area contributed by atoms with Crippen LogP contribution in [-0.2, 0) is 9.59 Å². The number of carbonyl (C=O) groups is 3. The molecule has 238 valence electrons. The summed E-state index contributed by atoms with van der Waals surface area (Å²) in [5.41, 5.74) is 3.18. The van der Waals surface area contributed by atoms with Gasteiger partial charge >= 0.3 is 0 Å². The molecule has 1 atom stereocenters. The van der Waals surface area contributed by atoms with Crippen molar-refractivity contribution in [1.29, 1.82) is 0 Å². The smallest absolute Gasteiger partial charge is 0.272 e. The highest BCUT2D eigenvalue weighted by Crippen LogP contribution is 2.29. The van der Waals surface area contributed by atoms with Crippen LogP contribution in [0.5, 0.6) is 0 Å². The maximum atomic E-state index is 13.7. The van der Waals surface area contributed by atoms with Crippen molar-refractivity contribution >= 4 is 68.5 Å². The summed E-state index contributed by atoms with van der Waals surface area (Å²) in [4.78, 5) is 45.1. The second kappa shape index (κ2) is 14.9. The quantitative estimate of drug-likeness (QED) is 0.1000. The van der Waals surface area contributed by atoms with Gasteiger partial charge in [-0.3, -0.25) is 14.4 Å². The lowest BCUT2D eigenvalue weighted by atomic mass is 10.0. The molecule has 0 bridgehead atoms. The number of thiazole rings is 1. The molecule has 1 aromatic heterocycles. The standard InChI is InChI=1S/C38H29FN4O3S2/c1-24(35(44)43-38-42-34(23-47-38)26-17-19-29(39)20-18-26)48-31-15-8-14-30(22-31)40-37(46)33(41-36(45)27-10-3-2-4-11-27)21-28-13-7-12-25-9-5-6-16-32(25)28/h2-24H,1H3,(H,40,46)(H,41,45)(H,42,43,44)/b33-21+. The number of anilines is 2. The molecule has 3 amide bonds. The van der Waals surface area contributed by atoms with Gasteiger partial charge in [0.25, 0.3) is 11.8 Å². The molecular weight excluding hydrogens is 644 g/mol. The summed E-state index contributed by atoms with van der Waals surface area (Å²) in [7, 11) is 0. The normalized spacial score (nSPS) is 11.9. The number of thioether (sulfide) groups is 1. The monoisotopic (exact) mass is 672 g/mol. The molecule has 0 aliphatic carbocycles. The third kappa shape index (κ3) is 8.03. The maximum absolute atomic E-state index is 13.7. The summed E-state index contributed by atoms with van der Waals surface area (Å²) in [5, 5.41) is 12.3. The van der Waals surface area contributed by atoms with Gasteiger partial charge in [0.1, 0.15) is 11.5 Å². The Labute approximate surface area is 284 Å². The van der Waals surface area contributed by atoms with Crippen molar-refractivity contribution in [2.45, 2.75) is 17.1 Å². The number of rotatable bonds is 10. The van der Waals surface area contributed by atoms with Crippen molar-refractivity contribution in [2.75, 3.05) is 10.6 Å². The Kier molecular flexibility index (Phi) is 10.0. The van der Waals surface area contributed by atoms with Crippen LogP contribution in [0, 0.1) is 5.82 Å². The predicted octanol–water partition coefficient (Wildman–Crippen LogP) is 8.63. The average molecular weight is 673 g/mol. The van der Waals surface area contributed by atoms with E-state index in [2.05, 4.69) is 20.9 Å². The number of nitrogens with zero attached hydrogens (tertiary/aromatic N) is 1. The van der Waals surface area contributed by atoms with E-state index in [-0.39, 0.29) is 17.4 Å². The molecule has 0 aliphatic heterocycles. The SMILES string of the molecule is CC(Sc1cccc(NC(=O)/C(=C\c2cccc3ccccc23)NC(=O)c2ccccc2)c1)C(=O)Nc1nc(-c2ccc(F)cc2)cs1. The fourth-order valence-electron chi connectivity index (χ4n) is 4.87. The molecule has 0 spiro atoms. The minimum atomic E-state index is -0.499. The van der Waals surface area contributed by atoms with Gasteiger partial charge in [0.15, 0.2) is 5.13 Å². The second-order valence-electron chi connectivity index (χ2n) is 10.7. The van der Waals surface area contributed by atoms with E-state index in [4.69, 9.17) is 0 Å². The van der Waals surface area contributed by atoms with Crippen LogP contribution in [0.1, 0.15) is 22.8 Å². The summed E-state index contributed by atoms with van der Waals surface area (Å²) < 4.78 is 13.3. The van der Waals surface area contributed by atoms with Gasteiger partial charge in [-0.1, -0.05) is 66.7 Å². The summed E-state index contributed by atoms with van der Waals surface area (Å²) in [6.07, 6.45) is 1.67. The predicted molar refractivity (Wildman–Crippen MR) is 192 cm³/mol. The van der Waals surface area contributed by atoms with Crippen LogP contribution >= 0.6 is 23.1 Å². The van der Waals surface area contributed by atoms with Crippen molar-refractivity contribution in [3.63, 3.8) is 0 Å². The van der Waals surface area contributed by atoms with E-state index >= 15 is 0 Å². The number of fused-ring (bicyclic) bond motifs is 1. The molecule has 5 aromatic carbocycles. The Morgan fingerprint density at radius 2 is 1.56 bits per heavy atom. The molecule has 7 nitrogen and oxygen atoms in total. The Morgan fingerprint density at radius 1 is 0.833 bits per heavy atom. The highest BCUT2D eigenvalue weighted by atomic mass is 32.2. The van der Waals surface area contributed by atoms with E-state index in [1.165, 1.54) is 35.2 Å². The van der Waals surface area contributed by atoms with Gasteiger partial charge in [-0.05, 0) is 83.9 Å². The first kappa shape index (κ1) is 32.4. The lowest BCUT2D eigenvalue weighted by molar-refractivity contribution is -0.115. The molecule has 0 saturated carbocycles. The Hall–Kier alpha value is -5.58. The van der Waals surface area contributed by atoms with Crippen molar-refractivity contribution in [3.05, 3.63) is 149 Å². The fraction of sp³-hybridized carbons (Fsp3) is 0.0526. The molecule has 0 fully saturated rings. The van der Waals surface area contributed by atoms with Crippen molar-refractivity contribution in [3.8, 4) is 11.3 Å². The minimum Gasteiger partial charge on any atom is -0.321 e. The van der Waals surface area contributed by atoms with Crippen molar-refractivity contribution < 1.29 is 18.8 Å². The first-order valence-electron chi connectivity index (χ1n) is 15.0. The van der Waals surface area contributed by atoms with Crippen LogP contribution in [0.3, 0.4) is 0 Å². The molecule has 6 rings (SSSR count). The third-order valence-corrected chi connectivity index (χ3v) is 9.15. The Morgan fingerprint density at radius 3 is 2.38 bits per heavy atom. The van der Waals surface area contributed by atoms with Gasteiger partial charge in [-0.15, -0.1) is 23.1 Å². The lowest BCUT2D eigenvalue weighted by Crippen LogP contribution is -2.30. The van der Waals surface area contributed by atoms with Crippen LogP contribution in [0.15, 0.2) is 137 Å². The van der Waals surface area contributed by atoms with Crippen LogP contribution in [-0.4, -0.2) is 28.0 Å². The van der Waals surface area contributed by atoms with Crippen LogP contribution in [0.4, 0.5) is 15.2 Å². The first-order chi connectivity index (χ1) is 23.3. The number of aromatic nitrogens is 1. The van der Waals surface area contributed by atoms with E-state index in [1.807, 2.05) is 54.6 Å². The maximum Gasteiger partial charge on any atom is 0.272 e. The number of carbonyl (C=O) groups excluding carboxylic acids is 3. The summed E-state index contributed by atoms with van der Waals surface area (Å²) >= 11 is 2.61. The Balaban J connectivity index is 1.16. The first-order valence-corrected chi connectivity index (χ1v) is 16.7. The molecule has 1 heterocycles. The average Bonchev–Trinajstić information content (AvgIpc) is 3.57.